The van der Waals surface area contributed by atoms with Gasteiger partial charge < -0.3 is 0 Å². The fourth-order valence-electron chi connectivity index (χ4n) is 2.34. The number of nitrogens with one attached hydrogen (secondary N) is 2. The topological polar surface area (TPSA) is 95.6 Å². The summed E-state index contributed by atoms with van der Waals surface area (Å²) >= 11 is 0. The Morgan fingerprint density at radius 2 is 1.27 bits per heavy atom. The second kappa shape index (κ2) is 8.59. The molecule has 8 heteroatoms. The van der Waals surface area contributed by atoms with Crippen LogP contribution in [0.3, 0.4) is 0 Å². The van der Waals surface area contributed by atoms with Crippen LogP contribution in [0.15, 0.2) is 59.5 Å². The van der Waals surface area contributed by atoms with Crippen LogP contribution in [0.1, 0.15) is 34.6 Å². The normalized spacial score (nSPS) is 11.2. The number of benzene rings is 2. The van der Waals surface area contributed by atoms with Crippen molar-refractivity contribution in [1.29, 1.82) is 0 Å². The van der Waals surface area contributed by atoms with Crippen molar-refractivity contribution in [2.45, 2.75) is 18.7 Å². The van der Waals surface area contributed by atoms with Gasteiger partial charge in [0.1, 0.15) is 0 Å². The summed E-state index contributed by atoms with van der Waals surface area (Å²) in [6.07, 6.45) is 0. The predicted octanol–water partition coefficient (Wildman–Crippen LogP) is 1.79. The van der Waals surface area contributed by atoms with E-state index in [-0.39, 0.29) is 10.5 Å². The van der Waals surface area contributed by atoms with Crippen molar-refractivity contribution in [3.05, 3.63) is 65.7 Å². The van der Waals surface area contributed by atoms with Gasteiger partial charge in [0.05, 0.1) is 4.90 Å². The summed E-state index contributed by atoms with van der Waals surface area (Å²) < 4.78 is 26.2. The van der Waals surface area contributed by atoms with E-state index in [0.29, 0.717) is 18.7 Å². The van der Waals surface area contributed by atoms with Gasteiger partial charge in [0.2, 0.25) is 10.0 Å². The first-order valence-corrected chi connectivity index (χ1v) is 9.60. The molecule has 0 spiro atoms. The zero-order valence-corrected chi connectivity index (χ0v) is 15.4. The Kier molecular flexibility index (Phi) is 6.48. The monoisotopic (exact) mass is 375 g/mol. The third-order valence-corrected chi connectivity index (χ3v) is 5.85. The van der Waals surface area contributed by atoms with Crippen LogP contribution < -0.4 is 10.9 Å². The molecule has 2 aromatic carbocycles. The molecule has 0 saturated heterocycles. The standard InChI is InChI=1S/C18H21N3O4S/c1-3-21(4-2)26(24,25)16-12-10-15(11-13-16)18(23)20-19-17(22)14-8-6-5-7-9-14/h5-13H,3-4H2,1-2H3,(H,19,22)(H,20,23). The molecule has 7 nitrogen and oxygen atoms in total. The Bertz CT molecular complexity index is 861. The van der Waals surface area contributed by atoms with Crippen LogP contribution in [0.5, 0.6) is 0 Å². The lowest BCUT2D eigenvalue weighted by atomic mass is 10.2. The molecule has 0 aliphatic rings. The van der Waals surface area contributed by atoms with Gasteiger partial charge in [0, 0.05) is 24.2 Å². The highest BCUT2D eigenvalue weighted by molar-refractivity contribution is 7.89. The lowest BCUT2D eigenvalue weighted by Crippen LogP contribution is -2.41. The quantitative estimate of drug-likeness (QED) is 0.753. The maximum Gasteiger partial charge on any atom is 0.269 e. The van der Waals surface area contributed by atoms with Gasteiger partial charge in [-0.2, -0.15) is 4.31 Å². The molecule has 2 amide bonds. The Morgan fingerprint density at radius 1 is 0.808 bits per heavy atom. The van der Waals surface area contributed by atoms with Crippen molar-refractivity contribution in [2.75, 3.05) is 13.1 Å². The second-order valence-electron chi connectivity index (χ2n) is 5.39. The van der Waals surface area contributed by atoms with Gasteiger partial charge in [-0.05, 0) is 36.4 Å². The van der Waals surface area contributed by atoms with Gasteiger partial charge in [-0.3, -0.25) is 20.4 Å². The summed E-state index contributed by atoms with van der Waals surface area (Å²) in [7, 11) is -3.57. The molecule has 0 fully saturated rings. The number of rotatable bonds is 6. The fourth-order valence-corrected chi connectivity index (χ4v) is 3.80. The van der Waals surface area contributed by atoms with Gasteiger partial charge >= 0.3 is 0 Å². The van der Waals surface area contributed by atoms with Gasteiger partial charge in [-0.1, -0.05) is 32.0 Å². The molecular weight excluding hydrogens is 354 g/mol. The Morgan fingerprint density at radius 3 is 1.73 bits per heavy atom. The minimum absolute atomic E-state index is 0.117. The summed E-state index contributed by atoms with van der Waals surface area (Å²) in [5, 5.41) is 0. The number of sulfonamides is 1. The van der Waals surface area contributed by atoms with E-state index in [1.807, 2.05) is 0 Å². The van der Waals surface area contributed by atoms with Crippen molar-refractivity contribution in [2.24, 2.45) is 0 Å². The molecule has 0 aliphatic carbocycles. The molecule has 0 aromatic heterocycles. The maximum atomic E-state index is 12.4. The van der Waals surface area contributed by atoms with Crippen LogP contribution in [0.4, 0.5) is 0 Å². The molecule has 0 radical (unpaired) electrons. The number of amides is 2. The van der Waals surface area contributed by atoms with E-state index in [1.165, 1.54) is 28.6 Å². The summed E-state index contributed by atoms with van der Waals surface area (Å²) in [6, 6.07) is 14.0. The highest BCUT2D eigenvalue weighted by Gasteiger charge is 2.21. The van der Waals surface area contributed by atoms with Crippen LogP contribution >= 0.6 is 0 Å². The summed E-state index contributed by atoms with van der Waals surface area (Å²) in [4.78, 5) is 24.1. The zero-order chi connectivity index (χ0) is 19.2. The third kappa shape index (κ3) is 4.47. The second-order valence-corrected chi connectivity index (χ2v) is 7.33. The summed E-state index contributed by atoms with van der Waals surface area (Å²) in [5.74, 6) is -0.985. The molecule has 0 atom stereocenters. The minimum atomic E-state index is -3.57. The Labute approximate surface area is 153 Å². The number of hydrogen-bond acceptors (Lipinski definition) is 4. The molecule has 26 heavy (non-hydrogen) atoms. The zero-order valence-electron chi connectivity index (χ0n) is 14.6. The highest BCUT2D eigenvalue weighted by Crippen LogP contribution is 2.16. The van der Waals surface area contributed by atoms with E-state index in [0.717, 1.165) is 0 Å². The lowest BCUT2D eigenvalue weighted by molar-refractivity contribution is 0.0846. The molecular formula is C18H21N3O4S. The Hall–Kier alpha value is -2.71. The van der Waals surface area contributed by atoms with Gasteiger partial charge in [0.25, 0.3) is 11.8 Å². The van der Waals surface area contributed by atoms with E-state index in [1.54, 1.807) is 44.2 Å². The van der Waals surface area contributed by atoms with E-state index < -0.39 is 21.8 Å². The van der Waals surface area contributed by atoms with Crippen LogP contribution in [0, 0.1) is 0 Å². The van der Waals surface area contributed by atoms with Crippen LogP contribution in [0.25, 0.3) is 0 Å². The number of nitrogens with zero attached hydrogens (tertiary/aromatic N) is 1. The first-order chi connectivity index (χ1) is 12.4. The smallest absolute Gasteiger partial charge is 0.267 e. The number of carbonyl (C=O) groups is 2. The average Bonchev–Trinajstić information content (AvgIpc) is 2.67. The minimum Gasteiger partial charge on any atom is -0.267 e. The fraction of sp³-hybridized carbons (Fsp3) is 0.222. The molecule has 2 aromatic rings. The Balaban J connectivity index is 2.04. The SMILES string of the molecule is CCN(CC)S(=O)(=O)c1ccc(C(=O)NNC(=O)c2ccccc2)cc1. The third-order valence-electron chi connectivity index (χ3n) is 3.79. The average molecular weight is 375 g/mol. The van der Waals surface area contributed by atoms with Crippen molar-refractivity contribution < 1.29 is 18.0 Å². The molecule has 2 rings (SSSR count). The molecule has 0 heterocycles. The maximum absolute atomic E-state index is 12.4. The highest BCUT2D eigenvalue weighted by atomic mass is 32.2. The van der Waals surface area contributed by atoms with Crippen LogP contribution in [-0.2, 0) is 10.0 Å². The molecule has 0 unspecified atom stereocenters. The summed E-state index contributed by atoms with van der Waals surface area (Å²) in [6.45, 7) is 4.26. The molecule has 0 saturated carbocycles. The molecule has 0 aliphatic heterocycles. The van der Waals surface area contributed by atoms with Crippen molar-refractivity contribution in [1.82, 2.24) is 15.2 Å². The van der Waals surface area contributed by atoms with Crippen LogP contribution in [0.2, 0.25) is 0 Å². The van der Waals surface area contributed by atoms with E-state index in [4.69, 9.17) is 0 Å². The van der Waals surface area contributed by atoms with Gasteiger partial charge in [-0.15, -0.1) is 0 Å². The predicted molar refractivity (Wildman–Crippen MR) is 97.9 cm³/mol. The molecule has 0 bridgehead atoms. The van der Waals surface area contributed by atoms with Gasteiger partial charge in [-0.25, -0.2) is 8.42 Å². The van der Waals surface area contributed by atoms with Crippen LogP contribution in [-0.4, -0.2) is 37.6 Å². The van der Waals surface area contributed by atoms with Gasteiger partial charge in [0.15, 0.2) is 0 Å². The molecule has 2 N–H and O–H groups in total. The molecule has 138 valence electrons. The van der Waals surface area contributed by atoms with E-state index in [2.05, 4.69) is 10.9 Å². The number of carbonyl (C=O) groups excluding carboxylic acids is 2. The van der Waals surface area contributed by atoms with Crippen molar-refractivity contribution in [3.63, 3.8) is 0 Å². The largest absolute Gasteiger partial charge is 0.269 e. The first kappa shape index (κ1) is 19.6. The number of hydrazine groups is 1. The number of hydrogen-bond donors (Lipinski definition) is 2. The van der Waals surface area contributed by atoms with Crippen molar-refractivity contribution >= 4 is 21.8 Å². The summed E-state index contributed by atoms with van der Waals surface area (Å²) in [5.41, 5.74) is 5.26. The van der Waals surface area contributed by atoms with E-state index >= 15 is 0 Å². The van der Waals surface area contributed by atoms with E-state index in [9.17, 15) is 18.0 Å². The lowest BCUT2D eigenvalue weighted by Gasteiger charge is -2.18. The first-order valence-electron chi connectivity index (χ1n) is 8.16. The van der Waals surface area contributed by atoms with Crippen molar-refractivity contribution in [3.8, 4) is 0 Å².